The molecule has 0 unspecified atom stereocenters. The molecule has 0 aliphatic carbocycles. The summed E-state index contributed by atoms with van der Waals surface area (Å²) in [7, 11) is 0. The lowest BCUT2D eigenvalue weighted by molar-refractivity contribution is -0.383. The lowest BCUT2D eigenvalue weighted by Gasteiger charge is -1.89. The molecular formula is C7H6N4O2. The minimum absolute atomic E-state index is 0.0262. The Morgan fingerprint density at radius 2 is 2.31 bits per heavy atom. The summed E-state index contributed by atoms with van der Waals surface area (Å²) in [5.74, 6) is 5.34. The molecule has 0 atom stereocenters. The summed E-state index contributed by atoms with van der Waals surface area (Å²) in [6.07, 6.45) is 1.53. The molecular weight excluding hydrogens is 172 g/mol. The van der Waals surface area contributed by atoms with Crippen molar-refractivity contribution in [3.05, 3.63) is 34.5 Å². The maximum Gasteiger partial charge on any atom is 0.297 e. The molecule has 0 aliphatic rings. The van der Waals surface area contributed by atoms with Gasteiger partial charge in [0.1, 0.15) is 0 Å². The summed E-state index contributed by atoms with van der Waals surface area (Å²) >= 11 is 0. The number of nitrogens with two attached hydrogens (primary N) is 1. The quantitative estimate of drug-likeness (QED) is 0.394. The Hall–Kier alpha value is -2.11. The topological polar surface area (TPSA) is 87.0 Å². The van der Waals surface area contributed by atoms with Crippen LogP contribution in [-0.2, 0) is 0 Å². The normalized spacial score (nSPS) is 10.5. The third-order valence-electron chi connectivity index (χ3n) is 1.73. The van der Waals surface area contributed by atoms with Gasteiger partial charge < -0.3 is 5.84 Å². The SMILES string of the molecule is Nn1cc2cccc([N+](=O)[O-])c2n1. The standard InChI is InChI=1S/C7H6N4O2/c8-10-4-5-2-1-3-6(11(12)13)7(5)9-10/h1-4H,8H2. The van der Waals surface area contributed by atoms with Gasteiger partial charge in [0.15, 0.2) is 5.52 Å². The first-order valence-electron chi connectivity index (χ1n) is 3.56. The largest absolute Gasteiger partial charge is 0.323 e. The molecule has 13 heavy (non-hydrogen) atoms. The van der Waals surface area contributed by atoms with E-state index in [1.165, 1.54) is 12.3 Å². The van der Waals surface area contributed by atoms with Crippen molar-refractivity contribution < 1.29 is 4.92 Å². The number of rotatable bonds is 1. The lowest BCUT2D eigenvalue weighted by atomic mass is 10.2. The molecule has 1 aromatic carbocycles. The van der Waals surface area contributed by atoms with Gasteiger partial charge in [-0.2, -0.15) is 4.79 Å². The van der Waals surface area contributed by atoms with Crippen LogP contribution in [0.25, 0.3) is 10.9 Å². The second kappa shape index (κ2) is 2.44. The average molecular weight is 178 g/mol. The highest BCUT2D eigenvalue weighted by Gasteiger charge is 2.13. The van der Waals surface area contributed by atoms with E-state index in [1.807, 2.05) is 0 Å². The van der Waals surface area contributed by atoms with Crippen molar-refractivity contribution in [3.8, 4) is 0 Å². The third kappa shape index (κ3) is 1.08. The van der Waals surface area contributed by atoms with E-state index in [4.69, 9.17) is 5.84 Å². The number of benzene rings is 1. The Bertz CT molecular complexity index is 476. The van der Waals surface area contributed by atoms with Gasteiger partial charge in [0.25, 0.3) is 5.69 Å². The van der Waals surface area contributed by atoms with Crippen LogP contribution < -0.4 is 5.84 Å². The Morgan fingerprint density at radius 3 is 3.00 bits per heavy atom. The molecule has 0 aliphatic heterocycles. The molecule has 0 bridgehead atoms. The van der Waals surface area contributed by atoms with E-state index >= 15 is 0 Å². The predicted molar refractivity (Wildman–Crippen MR) is 46.5 cm³/mol. The molecule has 0 saturated carbocycles. The van der Waals surface area contributed by atoms with Gasteiger partial charge in [-0.25, -0.2) is 0 Å². The zero-order chi connectivity index (χ0) is 9.42. The molecule has 66 valence electrons. The van der Waals surface area contributed by atoms with E-state index in [0.29, 0.717) is 10.9 Å². The average Bonchev–Trinajstić information content (AvgIpc) is 2.43. The number of nitro benzene ring substituents is 1. The van der Waals surface area contributed by atoms with E-state index in [1.54, 1.807) is 12.1 Å². The summed E-state index contributed by atoms with van der Waals surface area (Å²) in [6.45, 7) is 0. The molecule has 0 amide bonds. The van der Waals surface area contributed by atoms with Gasteiger partial charge >= 0.3 is 0 Å². The first-order valence-corrected chi connectivity index (χ1v) is 3.56. The number of hydrogen-bond donors (Lipinski definition) is 1. The summed E-state index contributed by atoms with van der Waals surface area (Å²) in [5.41, 5.74) is 0.289. The first-order chi connectivity index (χ1) is 6.18. The first kappa shape index (κ1) is 7.53. The van der Waals surface area contributed by atoms with Gasteiger partial charge in [-0.05, 0) is 0 Å². The molecule has 2 N–H and O–H groups in total. The Kier molecular flexibility index (Phi) is 1.42. The van der Waals surface area contributed by atoms with Crippen molar-refractivity contribution in [2.24, 2.45) is 0 Å². The molecule has 0 spiro atoms. The summed E-state index contributed by atoms with van der Waals surface area (Å²) in [5, 5.41) is 15.0. The fourth-order valence-corrected chi connectivity index (χ4v) is 1.20. The molecule has 1 aromatic heterocycles. The van der Waals surface area contributed by atoms with E-state index in [2.05, 4.69) is 5.10 Å². The maximum atomic E-state index is 10.5. The molecule has 1 heterocycles. The number of non-ortho nitro benzene ring substituents is 1. The van der Waals surface area contributed by atoms with Crippen LogP contribution in [0.1, 0.15) is 0 Å². The Labute approximate surface area is 72.7 Å². The van der Waals surface area contributed by atoms with Crippen LogP contribution in [0, 0.1) is 10.1 Å². The van der Waals surface area contributed by atoms with Crippen molar-refractivity contribution in [2.75, 3.05) is 5.84 Å². The number of nitrogen functional groups attached to an aromatic ring is 1. The monoisotopic (exact) mass is 178 g/mol. The molecule has 2 rings (SSSR count). The lowest BCUT2D eigenvalue weighted by Crippen LogP contribution is -2.07. The van der Waals surface area contributed by atoms with Crippen LogP contribution in [0.15, 0.2) is 24.4 Å². The van der Waals surface area contributed by atoms with Crippen LogP contribution in [0.3, 0.4) is 0 Å². The smallest absolute Gasteiger partial charge is 0.297 e. The Morgan fingerprint density at radius 1 is 1.54 bits per heavy atom. The van der Waals surface area contributed by atoms with Crippen LogP contribution in [0.5, 0.6) is 0 Å². The van der Waals surface area contributed by atoms with Crippen molar-refractivity contribution in [1.29, 1.82) is 0 Å². The number of fused-ring (bicyclic) bond motifs is 1. The van der Waals surface area contributed by atoms with Gasteiger partial charge in [0.2, 0.25) is 0 Å². The number of hydrogen-bond acceptors (Lipinski definition) is 4. The van der Waals surface area contributed by atoms with Gasteiger partial charge in [-0.3, -0.25) is 10.1 Å². The van der Waals surface area contributed by atoms with E-state index in [9.17, 15) is 10.1 Å². The zero-order valence-electron chi connectivity index (χ0n) is 6.54. The second-order valence-electron chi connectivity index (χ2n) is 2.58. The molecule has 6 nitrogen and oxygen atoms in total. The van der Waals surface area contributed by atoms with Crippen molar-refractivity contribution in [2.45, 2.75) is 0 Å². The summed E-state index contributed by atoms with van der Waals surface area (Å²) in [4.78, 5) is 11.1. The number of aromatic nitrogens is 2. The minimum Gasteiger partial charge on any atom is -0.323 e. The van der Waals surface area contributed by atoms with E-state index in [-0.39, 0.29) is 5.69 Å². The predicted octanol–water partition coefficient (Wildman–Crippen LogP) is 0.658. The molecule has 0 saturated heterocycles. The van der Waals surface area contributed by atoms with Crippen LogP contribution >= 0.6 is 0 Å². The van der Waals surface area contributed by atoms with Gasteiger partial charge in [0, 0.05) is 11.5 Å². The number of nitro groups is 1. The highest BCUT2D eigenvalue weighted by atomic mass is 16.6. The summed E-state index contributed by atoms with van der Waals surface area (Å²) in [6, 6.07) is 4.72. The molecule has 6 heteroatoms. The summed E-state index contributed by atoms with van der Waals surface area (Å²) < 4.78 is 0. The van der Waals surface area contributed by atoms with Crippen LogP contribution in [-0.4, -0.2) is 14.8 Å². The van der Waals surface area contributed by atoms with Crippen LogP contribution in [0.2, 0.25) is 0 Å². The van der Waals surface area contributed by atoms with E-state index in [0.717, 1.165) is 4.79 Å². The maximum absolute atomic E-state index is 10.5. The highest BCUT2D eigenvalue weighted by Crippen LogP contribution is 2.22. The van der Waals surface area contributed by atoms with Crippen LogP contribution in [0.4, 0.5) is 5.69 Å². The fourth-order valence-electron chi connectivity index (χ4n) is 1.20. The Balaban J connectivity index is 2.82. The molecule has 0 radical (unpaired) electrons. The minimum atomic E-state index is -0.477. The second-order valence-corrected chi connectivity index (χ2v) is 2.58. The third-order valence-corrected chi connectivity index (χ3v) is 1.73. The van der Waals surface area contributed by atoms with Crippen molar-refractivity contribution in [3.63, 3.8) is 0 Å². The molecule has 2 aromatic rings. The fraction of sp³-hybridized carbons (Fsp3) is 0. The van der Waals surface area contributed by atoms with Crippen molar-refractivity contribution in [1.82, 2.24) is 9.89 Å². The van der Waals surface area contributed by atoms with Gasteiger partial charge in [0.05, 0.1) is 11.1 Å². The highest BCUT2D eigenvalue weighted by molar-refractivity contribution is 5.86. The molecule has 0 fully saturated rings. The van der Waals surface area contributed by atoms with Crippen molar-refractivity contribution >= 4 is 16.6 Å². The van der Waals surface area contributed by atoms with Gasteiger partial charge in [-0.15, -0.1) is 5.10 Å². The number of nitrogens with zero attached hydrogens (tertiary/aromatic N) is 3. The van der Waals surface area contributed by atoms with Gasteiger partial charge in [-0.1, -0.05) is 12.1 Å². The van der Waals surface area contributed by atoms with E-state index < -0.39 is 4.92 Å². The zero-order valence-corrected chi connectivity index (χ0v) is 6.54.